The number of benzene rings is 2. The molecule has 3 rings (SSSR count). The minimum atomic E-state index is -5.06. The Labute approximate surface area is 153 Å². The molecule has 10 heteroatoms. The minimum absolute atomic E-state index is 0.354. The fourth-order valence-electron chi connectivity index (χ4n) is 2.79. The first-order valence-electron chi connectivity index (χ1n) is 7.65. The van der Waals surface area contributed by atoms with Gasteiger partial charge >= 0.3 is 18.3 Å². The molecule has 0 aliphatic heterocycles. The van der Waals surface area contributed by atoms with E-state index >= 15 is 0 Å². The normalized spacial score (nSPS) is 12.2. The van der Waals surface area contributed by atoms with E-state index < -0.39 is 46.3 Å². The molecule has 1 aromatic heterocycles. The molecule has 1 heterocycles. The third kappa shape index (κ3) is 3.57. The fraction of sp³-hybridized carbons (Fsp3) is 0.111. The zero-order chi connectivity index (χ0) is 20.7. The first-order valence-corrected chi connectivity index (χ1v) is 7.65. The van der Waals surface area contributed by atoms with Crippen LogP contribution < -0.4 is 0 Å². The number of carbonyl (C=O) groups is 1. The van der Waals surface area contributed by atoms with Gasteiger partial charge in [0.2, 0.25) is 0 Å². The zero-order valence-electron chi connectivity index (χ0n) is 13.7. The molecule has 0 saturated heterocycles. The van der Waals surface area contributed by atoms with E-state index in [4.69, 9.17) is 0 Å². The van der Waals surface area contributed by atoms with Crippen LogP contribution in [0.3, 0.4) is 0 Å². The van der Waals surface area contributed by atoms with Crippen molar-refractivity contribution in [2.75, 3.05) is 0 Å². The number of rotatable bonds is 3. The summed E-state index contributed by atoms with van der Waals surface area (Å²) in [6.45, 7) is 0. The predicted molar refractivity (Wildman–Crippen MR) is 86.0 cm³/mol. The molecule has 3 aromatic rings. The number of hydrogen-bond acceptors (Lipinski definition) is 2. The summed E-state index contributed by atoms with van der Waals surface area (Å²) in [4.78, 5) is 11.5. The average molecular weight is 400 g/mol. The van der Waals surface area contributed by atoms with Gasteiger partial charge in [0.1, 0.15) is 0 Å². The van der Waals surface area contributed by atoms with Gasteiger partial charge in [0, 0.05) is 12.4 Å². The lowest BCUT2D eigenvalue weighted by Crippen LogP contribution is -2.17. The van der Waals surface area contributed by atoms with Crippen molar-refractivity contribution in [1.29, 1.82) is 0 Å². The van der Waals surface area contributed by atoms with E-state index in [1.807, 2.05) is 0 Å². The summed E-state index contributed by atoms with van der Waals surface area (Å²) in [7, 11) is 0. The summed E-state index contributed by atoms with van der Waals surface area (Å²) in [6.07, 6.45) is -7.54. The average Bonchev–Trinajstić information content (AvgIpc) is 3.13. The fourth-order valence-corrected chi connectivity index (χ4v) is 2.79. The van der Waals surface area contributed by atoms with Gasteiger partial charge in [0.15, 0.2) is 0 Å². The SMILES string of the molecule is O=C(O)c1ccc(-c2cccc(C(F)(F)F)c2)c(C(F)(F)F)c1-n1cccn1. The Morgan fingerprint density at radius 2 is 1.68 bits per heavy atom. The molecule has 0 saturated carbocycles. The summed E-state index contributed by atoms with van der Waals surface area (Å²) in [5.41, 5.74) is -4.93. The molecule has 0 spiro atoms. The molecule has 28 heavy (non-hydrogen) atoms. The lowest BCUT2D eigenvalue weighted by Gasteiger charge is -2.20. The first-order chi connectivity index (χ1) is 13.0. The van der Waals surface area contributed by atoms with Gasteiger partial charge in [-0.15, -0.1) is 0 Å². The highest BCUT2D eigenvalue weighted by atomic mass is 19.4. The van der Waals surface area contributed by atoms with Crippen LogP contribution in [0.5, 0.6) is 0 Å². The maximum atomic E-state index is 13.9. The Kier molecular flexibility index (Phi) is 4.66. The van der Waals surface area contributed by atoms with Crippen molar-refractivity contribution in [1.82, 2.24) is 9.78 Å². The van der Waals surface area contributed by atoms with Crippen molar-refractivity contribution in [3.8, 4) is 16.8 Å². The Balaban J connectivity index is 2.38. The molecule has 0 aliphatic rings. The number of carboxylic acid groups (broad SMARTS) is 1. The molecule has 0 unspecified atom stereocenters. The molecule has 0 radical (unpaired) electrons. The highest BCUT2D eigenvalue weighted by Crippen LogP contribution is 2.43. The van der Waals surface area contributed by atoms with Gasteiger partial charge in [-0.1, -0.05) is 18.2 Å². The zero-order valence-corrected chi connectivity index (χ0v) is 13.7. The predicted octanol–water partition coefficient (Wildman–Crippen LogP) is 5.28. The van der Waals surface area contributed by atoms with Crippen LogP contribution in [0, 0.1) is 0 Å². The van der Waals surface area contributed by atoms with Gasteiger partial charge in [0.25, 0.3) is 0 Å². The van der Waals surface area contributed by atoms with Crippen LogP contribution >= 0.6 is 0 Å². The van der Waals surface area contributed by atoms with E-state index in [2.05, 4.69) is 5.10 Å². The first kappa shape index (κ1) is 19.5. The van der Waals surface area contributed by atoms with E-state index in [1.54, 1.807) is 0 Å². The molecular formula is C18H10F6N2O2. The summed E-state index contributed by atoms with van der Waals surface area (Å²) >= 11 is 0. The van der Waals surface area contributed by atoms with Crippen LogP contribution in [0.15, 0.2) is 54.9 Å². The molecular weight excluding hydrogens is 390 g/mol. The summed E-state index contributed by atoms with van der Waals surface area (Å²) in [6, 6.07) is 6.43. The molecule has 146 valence electrons. The number of aromatic nitrogens is 2. The molecule has 0 aliphatic carbocycles. The molecule has 1 N–H and O–H groups in total. The molecule has 0 bridgehead atoms. The van der Waals surface area contributed by atoms with Crippen LogP contribution in [0.25, 0.3) is 16.8 Å². The van der Waals surface area contributed by atoms with Crippen molar-refractivity contribution in [2.24, 2.45) is 0 Å². The second kappa shape index (κ2) is 6.70. The second-order valence-electron chi connectivity index (χ2n) is 5.72. The van der Waals surface area contributed by atoms with E-state index in [-0.39, 0.29) is 5.56 Å². The van der Waals surface area contributed by atoms with E-state index in [0.29, 0.717) is 6.07 Å². The third-order valence-corrected chi connectivity index (χ3v) is 3.93. The van der Waals surface area contributed by atoms with Gasteiger partial charge < -0.3 is 5.11 Å². The van der Waals surface area contributed by atoms with E-state index in [0.717, 1.165) is 47.4 Å². The van der Waals surface area contributed by atoms with Crippen molar-refractivity contribution in [3.05, 3.63) is 71.5 Å². The van der Waals surface area contributed by atoms with Gasteiger partial charge in [0.05, 0.1) is 22.4 Å². The van der Waals surface area contributed by atoms with Crippen molar-refractivity contribution in [3.63, 3.8) is 0 Å². The highest BCUT2D eigenvalue weighted by molar-refractivity contribution is 5.94. The largest absolute Gasteiger partial charge is 0.478 e. The molecule has 0 atom stereocenters. The topological polar surface area (TPSA) is 55.1 Å². The number of carboxylic acids is 1. The van der Waals surface area contributed by atoms with Gasteiger partial charge in [-0.05, 0) is 35.4 Å². The van der Waals surface area contributed by atoms with Crippen LogP contribution in [0.4, 0.5) is 26.3 Å². The maximum absolute atomic E-state index is 13.9. The Morgan fingerprint density at radius 3 is 2.21 bits per heavy atom. The molecule has 0 fully saturated rings. The lowest BCUT2D eigenvalue weighted by molar-refractivity contribution is -0.137. The Morgan fingerprint density at radius 1 is 0.964 bits per heavy atom. The minimum Gasteiger partial charge on any atom is -0.478 e. The maximum Gasteiger partial charge on any atom is 0.419 e. The van der Waals surface area contributed by atoms with Crippen LogP contribution in [0.2, 0.25) is 0 Å². The van der Waals surface area contributed by atoms with Gasteiger partial charge in [-0.2, -0.15) is 31.4 Å². The molecule has 2 aromatic carbocycles. The number of nitrogens with zero attached hydrogens (tertiary/aromatic N) is 2. The standard InChI is InChI=1S/C18H10F6N2O2/c19-17(20,21)11-4-1-3-10(9-11)12-5-6-13(16(27)28)15(14(12)18(22,23)24)26-8-2-7-25-26/h1-9H,(H,27,28). The number of aromatic carboxylic acids is 1. The lowest BCUT2D eigenvalue weighted by atomic mass is 9.93. The molecule has 4 nitrogen and oxygen atoms in total. The number of halogens is 6. The van der Waals surface area contributed by atoms with Crippen LogP contribution in [-0.4, -0.2) is 20.9 Å². The van der Waals surface area contributed by atoms with Crippen molar-refractivity contribution >= 4 is 5.97 Å². The second-order valence-corrected chi connectivity index (χ2v) is 5.72. The number of alkyl halides is 6. The summed E-state index contributed by atoms with van der Waals surface area (Å²) in [5.74, 6) is -1.63. The van der Waals surface area contributed by atoms with Crippen LogP contribution in [0.1, 0.15) is 21.5 Å². The van der Waals surface area contributed by atoms with E-state index in [9.17, 15) is 36.2 Å². The van der Waals surface area contributed by atoms with Gasteiger partial charge in [-0.3, -0.25) is 0 Å². The van der Waals surface area contributed by atoms with Crippen LogP contribution in [-0.2, 0) is 12.4 Å². The van der Waals surface area contributed by atoms with Crippen molar-refractivity contribution in [2.45, 2.75) is 12.4 Å². The smallest absolute Gasteiger partial charge is 0.419 e. The van der Waals surface area contributed by atoms with E-state index in [1.165, 1.54) is 6.07 Å². The van der Waals surface area contributed by atoms with Gasteiger partial charge in [-0.25, -0.2) is 9.48 Å². The summed E-state index contributed by atoms with van der Waals surface area (Å²) in [5, 5.41) is 13.0. The van der Waals surface area contributed by atoms with Crippen molar-refractivity contribution < 1.29 is 36.2 Å². The summed E-state index contributed by atoms with van der Waals surface area (Å²) < 4.78 is 81.4. The molecule has 0 amide bonds. The monoisotopic (exact) mass is 400 g/mol. The Bertz CT molecular complexity index is 1020. The quantitative estimate of drug-likeness (QED) is 0.609. The number of hydrogen-bond donors (Lipinski definition) is 1. The highest BCUT2D eigenvalue weighted by Gasteiger charge is 2.40. The Hall–Kier alpha value is -3.30. The third-order valence-electron chi connectivity index (χ3n) is 3.93.